The first-order chi connectivity index (χ1) is 15.6. The van der Waals surface area contributed by atoms with Gasteiger partial charge in [-0.05, 0) is 74.2 Å². The summed E-state index contributed by atoms with van der Waals surface area (Å²) in [6, 6.07) is 4.63. The molecule has 2 aliphatic rings. The van der Waals surface area contributed by atoms with E-state index in [2.05, 4.69) is 52.1 Å². The Morgan fingerprint density at radius 2 is 2.12 bits per heavy atom. The van der Waals surface area contributed by atoms with Crippen LogP contribution in [0.25, 0.3) is 27.5 Å². The molecular formula is C23H24IN7S. The number of pyridine rings is 1. The molecule has 5 heterocycles. The van der Waals surface area contributed by atoms with Crippen LogP contribution < -0.4 is 11.1 Å². The van der Waals surface area contributed by atoms with Gasteiger partial charge in [-0.25, -0.2) is 9.97 Å². The number of nitrogen functional groups attached to an aromatic ring is 1. The smallest absolute Gasteiger partial charge is 0.165 e. The molecule has 4 aromatic rings. The van der Waals surface area contributed by atoms with E-state index in [4.69, 9.17) is 20.7 Å². The zero-order chi connectivity index (χ0) is 21.8. The molecule has 1 aliphatic carbocycles. The minimum absolute atomic E-state index is 0.403. The number of rotatable bonds is 3. The number of piperidine rings is 1. The number of fused-ring (bicyclic) bond motifs is 2. The minimum atomic E-state index is 0.403. The lowest BCUT2D eigenvalue weighted by Crippen LogP contribution is -2.35. The Bertz CT molecular complexity index is 1290. The minimum Gasteiger partial charge on any atom is -0.383 e. The van der Waals surface area contributed by atoms with Crippen LogP contribution in [0.4, 0.5) is 5.82 Å². The van der Waals surface area contributed by atoms with E-state index in [-0.39, 0.29) is 0 Å². The van der Waals surface area contributed by atoms with E-state index < -0.39 is 0 Å². The number of nitrogens with two attached hydrogens (primary N) is 1. The Kier molecular flexibility index (Phi) is 5.14. The van der Waals surface area contributed by atoms with E-state index in [1.807, 2.05) is 12.4 Å². The van der Waals surface area contributed by atoms with Gasteiger partial charge < -0.3 is 11.1 Å². The molecule has 1 saturated heterocycles. The van der Waals surface area contributed by atoms with Crippen LogP contribution in [0, 0.1) is 3.57 Å². The molecule has 0 saturated carbocycles. The van der Waals surface area contributed by atoms with Crippen molar-refractivity contribution in [2.45, 2.75) is 51.0 Å². The second kappa shape index (κ2) is 8.03. The first-order valence-corrected chi connectivity index (χ1v) is 13.0. The van der Waals surface area contributed by atoms with Crippen molar-refractivity contribution in [3.8, 4) is 21.8 Å². The average Bonchev–Trinajstić information content (AvgIpc) is 3.51. The number of nitrogens with one attached hydrogen (secondary N) is 1. The SMILES string of the molecule is C[C@H]1C[C@H](c2nc3c(-c4ccc(-c5nc6c(s5)CCC6)nc4)cnn3c(N)c2I)CCN1. The summed E-state index contributed by atoms with van der Waals surface area (Å²) in [7, 11) is 0. The average molecular weight is 557 g/mol. The molecule has 0 aromatic carbocycles. The molecule has 0 amide bonds. The summed E-state index contributed by atoms with van der Waals surface area (Å²) >= 11 is 4.10. The predicted molar refractivity (Wildman–Crippen MR) is 136 cm³/mol. The fourth-order valence-electron chi connectivity index (χ4n) is 4.85. The Balaban J connectivity index is 1.38. The fourth-order valence-corrected chi connectivity index (χ4v) is 6.76. The van der Waals surface area contributed by atoms with Gasteiger partial charge in [-0.15, -0.1) is 11.3 Å². The monoisotopic (exact) mass is 557 g/mol. The number of aryl methyl sites for hydroxylation is 2. The maximum atomic E-state index is 6.50. The van der Waals surface area contributed by atoms with Crippen molar-refractivity contribution >= 4 is 45.4 Å². The second-order valence-corrected chi connectivity index (χ2v) is 10.9. The van der Waals surface area contributed by atoms with Gasteiger partial charge in [0, 0.05) is 34.2 Å². The zero-order valence-electron chi connectivity index (χ0n) is 17.8. The maximum Gasteiger partial charge on any atom is 0.165 e. The molecule has 1 aliphatic heterocycles. The molecule has 32 heavy (non-hydrogen) atoms. The third-order valence-corrected chi connectivity index (χ3v) is 8.83. The molecule has 0 radical (unpaired) electrons. The van der Waals surface area contributed by atoms with Crippen molar-refractivity contribution in [1.82, 2.24) is 29.9 Å². The van der Waals surface area contributed by atoms with Gasteiger partial charge in [0.1, 0.15) is 10.8 Å². The van der Waals surface area contributed by atoms with Crippen LogP contribution in [0.15, 0.2) is 24.5 Å². The van der Waals surface area contributed by atoms with Crippen LogP contribution in [-0.4, -0.2) is 37.2 Å². The number of anilines is 1. The van der Waals surface area contributed by atoms with E-state index in [0.717, 1.165) is 69.0 Å². The molecule has 164 valence electrons. The van der Waals surface area contributed by atoms with Gasteiger partial charge in [0.2, 0.25) is 0 Å². The molecule has 7 nitrogen and oxygen atoms in total. The first kappa shape index (κ1) is 20.5. The normalized spacial score (nSPS) is 20.7. The second-order valence-electron chi connectivity index (χ2n) is 8.74. The summed E-state index contributed by atoms with van der Waals surface area (Å²) in [5, 5.41) is 9.08. The van der Waals surface area contributed by atoms with Crippen molar-refractivity contribution in [3.63, 3.8) is 0 Å². The number of aromatic nitrogens is 5. The quantitative estimate of drug-likeness (QED) is 0.362. The predicted octanol–water partition coefficient (Wildman–Crippen LogP) is 4.45. The number of halogens is 1. The lowest BCUT2D eigenvalue weighted by atomic mass is 9.90. The molecule has 4 aromatic heterocycles. The van der Waals surface area contributed by atoms with E-state index in [1.54, 1.807) is 15.9 Å². The third-order valence-electron chi connectivity index (χ3n) is 6.55. The summed E-state index contributed by atoms with van der Waals surface area (Å²) in [4.78, 5) is 16.0. The Labute approximate surface area is 204 Å². The Morgan fingerprint density at radius 1 is 1.22 bits per heavy atom. The van der Waals surface area contributed by atoms with Crippen LogP contribution >= 0.6 is 33.9 Å². The van der Waals surface area contributed by atoms with Crippen LogP contribution in [-0.2, 0) is 12.8 Å². The Morgan fingerprint density at radius 3 is 2.91 bits per heavy atom. The van der Waals surface area contributed by atoms with Crippen LogP contribution in [0.2, 0.25) is 0 Å². The van der Waals surface area contributed by atoms with Gasteiger partial charge in [0.25, 0.3) is 0 Å². The van der Waals surface area contributed by atoms with Gasteiger partial charge in [-0.1, -0.05) is 6.07 Å². The standard InChI is InChI=1S/C23H24IN7S/c1-12-9-13(7-8-26-12)20-19(24)21(25)31-22(30-20)15(11-28-31)14-5-6-17(27-10-14)23-29-16-3-2-4-18(16)32-23/h5-6,10-13,26H,2-4,7-9,25H2,1H3/t12-,13+/m0/s1. The largest absolute Gasteiger partial charge is 0.383 e. The summed E-state index contributed by atoms with van der Waals surface area (Å²) in [6.07, 6.45) is 9.35. The van der Waals surface area contributed by atoms with Crippen molar-refractivity contribution < 1.29 is 0 Å². The molecular weight excluding hydrogens is 533 g/mol. The molecule has 0 unspecified atom stereocenters. The maximum absolute atomic E-state index is 6.50. The van der Waals surface area contributed by atoms with Gasteiger partial charge >= 0.3 is 0 Å². The molecule has 6 rings (SSSR count). The van der Waals surface area contributed by atoms with Crippen molar-refractivity contribution in [3.05, 3.63) is 44.4 Å². The van der Waals surface area contributed by atoms with E-state index in [0.29, 0.717) is 17.8 Å². The van der Waals surface area contributed by atoms with Crippen molar-refractivity contribution in [2.24, 2.45) is 0 Å². The van der Waals surface area contributed by atoms with Crippen LogP contribution in [0.1, 0.15) is 48.4 Å². The van der Waals surface area contributed by atoms with Crippen LogP contribution in [0.5, 0.6) is 0 Å². The topological polar surface area (TPSA) is 94.0 Å². The summed E-state index contributed by atoms with van der Waals surface area (Å²) in [6.45, 7) is 3.24. The highest BCUT2D eigenvalue weighted by Crippen LogP contribution is 2.36. The molecule has 2 atom stereocenters. The molecule has 3 N–H and O–H groups in total. The van der Waals surface area contributed by atoms with Crippen molar-refractivity contribution in [2.75, 3.05) is 12.3 Å². The summed E-state index contributed by atoms with van der Waals surface area (Å²) in [5.41, 5.74) is 12.5. The number of hydrogen-bond donors (Lipinski definition) is 2. The zero-order valence-corrected chi connectivity index (χ0v) is 20.8. The number of hydrogen-bond acceptors (Lipinski definition) is 7. The fraction of sp³-hybridized carbons (Fsp3) is 0.391. The highest BCUT2D eigenvalue weighted by atomic mass is 127. The molecule has 0 bridgehead atoms. The summed E-state index contributed by atoms with van der Waals surface area (Å²) < 4.78 is 2.76. The first-order valence-electron chi connectivity index (χ1n) is 11.1. The Hall–Kier alpha value is -2.11. The van der Waals surface area contributed by atoms with E-state index >= 15 is 0 Å². The highest BCUT2D eigenvalue weighted by Gasteiger charge is 2.26. The third kappa shape index (κ3) is 3.41. The lowest BCUT2D eigenvalue weighted by molar-refractivity contribution is 0.376. The summed E-state index contributed by atoms with van der Waals surface area (Å²) in [5.74, 6) is 1.06. The highest BCUT2D eigenvalue weighted by molar-refractivity contribution is 14.1. The molecule has 0 spiro atoms. The number of nitrogens with zero attached hydrogens (tertiary/aromatic N) is 5. The van der Waals surface area contributed by atoms with E-state index in [1.165, 1.54) is 17.0 Å². The van der Waals surface area contributed by atoms with Gasteiger partial charge in [-0.3, -0.25) is 4.98 Å². The molecule has 9 heteroatoms. The van der Waals surface area contributed by atoms with E-state index in [9.17, 15) is 0 Å². The van der Waals surface area contributed by atoms with Gasteiger partial charge in [0.15, 0.2) is 5.65 Å². The van der Waals surface area contributed by atoms with Crippen molar-refractivity contribution in [1.29, 1.82) is 0 Å². The van der Waals surface area contributed by atoms with Gasteiger partial charge in [-0.2, -0.15) is 9.61 Å². The van der Waals surface area contributed by atoms with Crippen LogP contribution in [0.3, 0.4) is 0 Å². The van der Waals surface area contributed by atoms with Gasteiger partial charge in [0.05, 0.1) is 26.8 Å². The lowest BCUT2D eigenvalue weighted by Gasteiger charge is -2.28. The molecule has 1 fully saturated rings. The number of thiazole rings is 1.